The van der Waals surface area contributed by atoms with E-state index in [0.717, 1.165) is 30.8 Å². The Labute approximate surface area is 112 Å². The highest BCUT2D eigenvalue weighted by atomic mass is 16.5. The summed E-state index contributed by atoms with van der Waals surface area (Å²) in [7, 11) is 0. The highest BCUT2D eigenvalue weighted by Gasteiger charge is 2.15. The van der Waals surface area contributed by atoms with E-state index in [-0.39, 0.29) is 0 Å². The van der Waals surface area contributed by atoms with E-state index < -0.39 is 0 Å². The Morgan fingerprint density at radius 2 is 2.16 bits per heavy atom. The third-order valence-corrected chi connectivity index (χ3v) is 3.60. The number of nitrogens with zero attached hydrogens (tertiary/aromatic N) is 3. The summed E-state index contributed by atoms with van der Waals surface area (Å²) in [6.45, 7) is 5.58. The highest BCUT2D eigenvalue weighted by Crippen LogP contribution is 2.22. The van der Waals surface area contributed by atoms with Gasteiger partial charge in [0.15, 0.2) is 11.6 Å². The molecule has 1 fully saturated rings. The first-order valence-electron chi connectivity index (χ1n) is 6.92. The van der Waals surface area contributed by atoms with Crippen molar-refractivity contribution in [2.45, 2.75) is 32.6 Å². The van der Waals surface area contributed by atoms with E-state index in [0.29, 0.717) is 11.7 Å². The van der Waals surface area contributed by atoms with E-state index >= 15 is 0 Å². The summed E-state index contributed by atoms with van der Waals surface area (Å²) in [5, 5.41) is 4.01. The number of hydrogen-bond donors (Lipinski definition) is 0. The largest absolute Gasteiger partial charge is 0.459 e. The molecule has 0 atom stereocenters. The predicted molar refractivity (Wildman–Crippen MR) is 70.7 cm³/mol. The second-order valence-electron chi connectivity index (χ2n) is 5.10. The minimum atomic E-state index is 0.485. The Morgan fingerprint density at radius 3 is 2.89 bits per heavy atom. The quantitative estimate of drug-likeness (QED) is 0.828. The van der Waals surface area contributed by atoms with Crippen LogP contribution in [0.4, 0.5) is 0 Å². The molecule has 1 aliphatic rings. The maximum absolute atomic E-state index is 5.34. The van der Waals surface area contributed by atoms with E-state index in [1.165, 1.54) is 25.9 Å². The third-order valence-electron chi connectivity index (χ3n) is 3.60. The first kappa shape index (κ1) is 12.4. The van der Waals surface area contributed by atoms with Crippen molar-refractivity contribution in [1.82, 2.24) is 15.0 Å². The minimum absolute atomic E-state index is 0.485. The molecule has 0 radical (unpaired) electrons. The number of rotatable bonds is 5. The van der Waals surface area contributed by atoms with Gasteiger partial charge < -0.3 is 13.8 Å². The third kappa shape index (κ3) is 2.87. The zero-order valence-electron chi connectivity index (χ0n) is 11.3. The topological polar surface area (TPSA) is 55.3 Å². The molecule has 0 aromatic carbocycles. The van der Waals surface area contributed by atoms with Crippen molar-refractivity contribution in [2.24, 2.45) is 0 Å². The molecule has 0 bridgehead atoms. The van der Waals surface area contributed by atoms with E-state index in [2.05, 4.69) is 15.0 Å². The lowest BCUT2D eigenvalue weighted by atomic mass is 10.2. The number of likely N-dealkylation sites (tertiary alicyclic amines) is 1. The molecule has 1 aliphatic heterocycles. The number of furan rings is 1. The molecular formula is C14H19N3O2. The summed E-state index contributed by atoms with van der Waals surface area (Å²) in [5.74, 6) is 1.93. The van der Waals surface area contributed by atoms with Crippen LogP contribution in [0.25, 0.3) is 11.7 Å². The molecule has 0 aliphatic carbocycles. The highest BCUT2D eigenvalue weighted by molar-refractivity contribution is 5.49. The van der Waals surface area contributed by atoms with Crippen LogP contribution in [0, 0.1) is 6.92 Å². The fourth-order valence-corrected chi connectivity index (χ4v) is 2.51. The number of aryl methyl sites for hydroxylation is 2. The maximum Gasteiger partial charge on any atom is 0.293 e. The van der Waals surface area contributed by atoms with Crippen LogP contribution in [0.2, 0.25) is 0 Å². The van der Waals surface area contributed by atoms with Gasteiger partial charge in [-0.2, -0.15) is 4.98 Å². The molecule has 5 nitrogen and oxygen atoms in total. The number of hydrogen-bond acceptors (Lipinski definition) is 5. The van der Waals surface area contributed by atoms with Gasteiger partial charge in [-0.15, -0.1) is 0 Å². The summed E-state index contributed by atoms with van der Waals surface area (Å²) in [6.07, 6.45) is 6.26. The van der Waals surface area contributed by atoms with Crippen LogP contribution in [0.15, 0.2) is 21.3 Å². The predicted octanol–water partition coefficient (Wildman–Crippen LogP) is 2.67. The lowest BCUT2D eigenvalue weighted by Gasteiger charge is -2.12. The zero-order chi connectivity index (χ0) is 13.1. The lowest BCUT2D eigenvalue weighted by Crippen LogP contribution is -2.20. The Bertz CT molecular complexity index is 526. The van der Waals surface area contributed by atoms with Crippen molar-refractivity contribution in [3.8, 4) is 11.7 Å². The monoisotopic (exact) mass is 261 g/mol. The molecular weight excluding hydrogens is 242 g/mol. The first-order valence-corrected chi connectivity index (χ1v) is 6.92. The van der Waals surface area contributed by atoms with Crippen molar-refractivity contribution >= 4 is 0 Å². The molecule has 3 rings (SSSR count). The molecule has 0 unspecified atom stereocenters. The molecule has 2 aromatic rings. The Hall–Kier alpha value is -1.62. The van der Waals surface area contributed by atoms with E-state index in [4.69, 9.17) is 8.94 Å². The summed E-state index contributed by atoms with van der Waals surface area (Å²) in [6, 6.07) is 1.90. The molecule has 19 heavy (non-hydrogen) atoms. The SMILES string of the molecule is Cc1ccoc1-c1nc(CCCN2CCCC2)no1. The molecule has 3 heterocycles. The van der Waals surface area contributed by atoms with Crippen molar-refractivity contribution in [1.29, 1.82) is 0 Å². The first-order chi connectivity index (χ1) is 9.33. The van der Waals surface area contributed by atoms with Gasteiger partial charge in [0.05, 0.1) is 6.26 Å². The van der Waals surface area contributed by atoms with Gasteiger partial charge in [-0.25, -0.2) is 0 Å². The Kier molecular flexibility index (Phi) is 3.64. The molecule has 5 heteroatoms. The van der Waals surface area contributed by atoms with Crippen molar-refractivity contribution in [2.75, 3.05) is 19.6 Å². The maximum atomic E-state index is 5.34. The van der Waals surface area contributed by atoms with Gasteiger partial charge in [-0.3, -0.25) is 0 Å². The van der Waals surface area contributed by atoms with Crippen LogP contribution >= 0.6 is 0 Å². The van der Waals surface area contributed by atoms with Gasteiger partial charge in [0, 0.05) is 12.0 Å². The van der Waals surface area contributed by atoms with Gasteiger partial charge in [0.1, 0.15) is 0 Å². The molecule has 1 saturated heterocycles. The average molecular weight is 261 g/mol. The van der Waals surface area contributed by atoms with Crippen LogP contribution in [0.5, 0.6) is 0 Å². The van der Waals surface area contributed by atoms with E-state index in [1.54, 1.807) is 6.26 Å². The smallest absolute Gasteiger partial charge is 0.293 e. The fourth-order valence-electron chi connectivity index (χ4n) is 2.51. The van der Waals surface area contributed by atoms with Crippen molar-refractivity contribution in [3.05, 3.63) is 23.7 Å². The lowest BCUT2D eigenvalue weighted by molar-refractivity contribution is 0.331. The Morgan fingerprint density at radius 1 is 1.32 bits per heavy atom. The Balaban J connectivity index is 1.55. The van der Waals surface area contributed by atoms with Crippen LogP contribution in [0.3, 0.4) is 0 Å². The van der Waals surface area contributed by atoms with E-state index in [9.17, 15) is 0 Å². The minimum Gasteiger partial charge on any atom is -0.459 e. The van der Waals surface area contributed by atoms with Crippen LogP contribution in [-0.4, -0.2) is 34.7 Å². The van der Waals surface area contributed by atoms with Crippen molar-refractivity contribution < 1.29 is 8.94 Å². The summed E-state index contributed by atoms with van der Waals surface area (Å²) in [4.78, 5) is 6.89. The van der Waals surface area contributed by atoms with Crippen molar-refractivity contribution in [3.63, 3.8) is 0 Å². The normalized spacial score (nSPS) is 16.3. The molecule has 2 aromatic heterocycles. The number of aromatic nitrogens is 2. The van der Waals surface area contributed by atoms with E-state index in [1.807, 2.05) is 13.0 Å². The van der Waals surface area contributed by atoms with Gasteiger partial charge >= 0.3 is 0 Å². The van der Waals surface area contributed by atoms with Crippen LogP contribution in [-0.2, 0) is 6.42 Å². The van der Waals surface area contributed by atoms with Gasteiger partial charge in [0.25, 0.3) is 5.89 Å². The molecule has 0 amide bonds. The van der Waals surface area contributed by atoms with Crippen LogP contribution in [0.1, 0.15) is 30.7 Å². The average Bonchev–Trinajstić information content (AvgIpc) is 3.10. The fraction of sp³-hybridized carbons (Fsp3) is 0.571. The second-order valence-corrected chi connectivity index (χ2v) is 5.10. The standard InChI is InChI=1S/C14H19N3O2/c1-11-6-10-18-13(11)14-15-12(16-19-14)5-4-9-17-7-2-3-8-17/h6,10H,2-5,7-9H2,1H3. The zero-order valence-corrected chi connectivity index (χ0v) is 11.3. The molecule has 102 valence electrons. The molecule has 0 N–H and O–H groups in total. The summed E-state index contributed by atoms with van der Waals surface area (Å²) < 4.78 is 10.6. The second kappa shape index (κ2) is 5.57. The van der Waals surface area contributed by atoms with Gasteiger partial charge in [-0.1, -0.05) is 5.16 Å². The van der Waals surface area contributed by atoms with Crippen LogP contribution < -0.4 is 0 Å². The van der Waals surface area contributed by atoms with Gasteiger partial charge in [-0.05, 0) is 51.9 Å². The van der Waals surface area contributed by atoms with Gasteiger partial charge in [0.2, 0.25) is 0 Å². The molecule has 0 saturated carbocycles. The summed E-state index contributed by atoms with van der Waals surface area (Å²) in [5.41, 5.74) is 1.02. The molecule has 0 spiro atoms. The summed E-state index contributed by atoms with van der Waals surface area (Å²) >= 11 is 0.